The lowest BCUT2D eigenvalue weighted by Crippen LogP contribution is -2.42. The Hall–Kier alpha value is -1.95. The van der Waals surface area contributed by atoms with Gasteiger partial charge in [0.25, 0.3) is 5.91 Å². The number of carbonyl (C=O) groups excluding carboxylic acids is 1. The molecule has 1 rings (SSSR count). The van der Waals surface area contributed by atoms with Gasteiger partial charge in [-0.2, -0.15) is 0 Å². The molecular weight excluding hydrogens is 272 g/mol. The van der Waals surface area contributed by atoms with E-state index in [9.17, 15) is 9.59 Å². The van der Waals surface area contributed by atoms with Gasteiger partial charge < -0.3 is 14.7 Å². The van der Waals surface area contributed by atoms with E-state index in [0.29, 0.717) is 13.2 Å². The van der Waals surface area contributed by atoms with Crippen LogP contribution in [0, 0.1) is 0 Å². The van der Waals surface area contributed by atoms with Crippen LogP contribution >= 0.6 is 0 Å². The van der Waals surface area contributed by atoms with E-state index < -0.39 is 5.97 Å². The van der Waals surface area contributed by atoms with Gasteiger partial charge >= 0.3 is 5.97 Å². The molecule has 1 heterocycles. The van der Waals surface area contributed by atoms with Crippen molar-refractivity contribution in [3.05, 3.63) is 29.6 Å². The second-order valence-electron chi connectivity index (χ2n) is 4.67. The molecule has 21 heavy (non-hydrogen) atoms. The van der Waals surface area contributed by atoms with Gasteiger partial charge in [0, 0.05) is 19.7 Å². The van der Waals surface area contributed by atoms with Crippen molar-refractivity contribution in [1.29, 1.82) is 0 Å². The van der Waals surface area contributed by atoms with Gasteiger partial charge in [0.05, 0.1) is 6.61 Å². The lowest BCUT2D eigenvalue weighted by Gasteiger charge is -2.30. The van der Waals surface area contributed by atoms with Crippen molar-refractivity contribution in [1.82, 2.24) is 9.88 Å². The van der Waals surface area contributed by atoms with Crippen LogP contribution in [0.5, 0.6) is 0 Å². The normalized spacial score (nSPS) is 10.7. The average Bonchev–Trinajstić information content (AvgIpc) is 2.51. The Morgan fingerprint density at radius 3 is 2.43 bits per heavy atom. The summed E-state index contributed by atoms with van der Waals surface area (Å²) in [5, 5.41) is 8.97. The van der Waals surface area contributed by atoms with E-state index in [1.54, 1.807) is 12.0 Å². The minimum Gasteiger partial charge on any atom is -0.477 e. The molecule has 1 aromatic heterocycles. The van der Waals surface area contributed by atoms with Crippen LogP contribution in [0.25, 0.3) is 0 Å². The summed E-state index contributed by atoms with van der Waals surface area (Å²) < 4.78 is 5.05. The smallest absolute Gasteiger partial charge is 0.354 e. The van der Waals surface area contributed by atoms with E-state index in [0.717, 1.165) is 12.8 Å². The number of methoxy groups -OCH3 is 1. The fraction of sp³-hybridized carbons (Fsp3) is 0.533. The van der Waals surface area contributed by atoms with Crippen LogP contribution in [-0.2, 0) is 4.74 Å². The summed E-state index contributed by atoms with van der Waals surface area (Å²) >= 11 is 0. The van der Waals surface area contributed by atoms with Crippen LogP contribution in [-0.4, -0.2) is 53.2 Å². The third kappa shape index (κ3) is 4.53. The highest BCUT2D eigenvalue weighted by Gasteiger charge is 2.23. The van der Waals surface area contributed by atoms with E-state index in [2.05, 4.69) is 4.98 Å². The summed E-state index contributed by atoms with van der Waals surface area (Å²) in [6, 6.07) is 4.53. The van der Waals surface area contributed by atoms with Crippen LogP contribution < -0.4 is 0 Å². The fourth-order valence-electron chi connectivity index (χ4n) is 2.19. The number of ether oxygens (including phenoxy) is 1. The summed E-state index contributed by atoms with van der Waals surface area (Å²) in [6.45, 7) is 4.92. The van der Waals surface area contributed by atoms with Gasteiger partial charge in [0.2, 0.25) is 0 Å². The minimum atomic E-state index is -1.14. The number of amides is 1. The molecule has 6 heteroatoms. The molecular formula is C15H22N2O4. The van der Waals surface area contributed by atoms with E-state index in [4.69, 9.17) is 9.84 Å². The number of aromatic carboxylic acids is 1. The van der Waals surface area contributed by atoms with Crippen LogP contribution in [0.15, 0.2) is 18.2 Å². The summed E-state index contributed by atoms with van der Waals surface area (Å²) in [5.74, 6) is -1.40. The molecule has 0 spiro atoms. The Morgan fingerprint density at radius 1 is 1.29 bits per heavy atom. The molecule has 0 atom stereocenters. The van der Waals surface area contributed by atoms with Gasteiger partial charge in [-0.25, -0.2) is 9.78 Å². The predicted octanol–water partition coefficient (Wildman–Crippen LogP) is 2.06. The van der Waals surface area contributed by atoms with Gasteiger partial charge in [0.15, 0.2) is 0 Å². The Morgan fingerprint density at radius 2 is 1.90 bits per heavy atom. The van der Waals surface area contributed by atoms with E-state index in [1.807, 2.05) is 13.8 Å². The molecule has 116 valence electrons. The van der Waals surface area contributed by atoms with Crippen LogP contribution in [0.3, 0.4) is 0 Å². The average molecular weight is 294 g/mol. The van der Waals surface area contributed by atoms with Crippen molar-refractivity contribution < 1.29 is 19.4 Å². The first-order valence-corrected chi connectivity index (χ1v) is 7.05. The van der Waals surface area contributed by atoms with Gasteiger partial charge in [-0.1, -0.05) is 19.9 Å². The summed E-state index contributed by atoms with van der Waals surface area (Å²) in [4.78, 5) is 29.2. The van der Waals surface area contributed by atoms with Crippen molar-refractivity contribution in [2.45, 2.75) is 32.7 Å². The molecule has 0 aliphatic heterocycles. The van der Waals surface area contributed by atoms with E-state index in [1.165, 1.54) is 18.2 Å². The molecule has 0 fully saturated rings. The number of carboxylic acid groups (broad SMARTS) is 1. The monoisotopic (exact) mass is 294 g/mol. The summed E-state index contributed by atoms with van der Waals surface area (Å²) in [7, 11) is 1.58. The van der Waals surface area contributed by atoms with Crippen molar-refractivity contribution >= 4 is 11.9 Å². The molecule has 1 N–H and O–H groups in total. The maximum absolute atomic E-state index is 12.6. The van der Waals surface area contributed by atoms with Crippen LogP contribution in [0.2, 0.25) is 0 Å². The van der Waals surface area contributed by atoms with Gasteiger partial charge in [-0.15, -0.1) is 0 Å². The number of carboxylic acids is 1. The predicted molar refractivity (Wildman–Crippen MR) is 78.5 cm³/mol. The molecule has 1 amide bonds. The Bertz CT molecular complexity index is 486. The molecule has 0 radical (unpaired) electrons. The number of rotatable bonds is 8. The molecule has 0 aliphatic rings. The molecule has 0 saturated carbocycles. The van der Waals surface area contributed by atoms with Crippen molar-refractivity contribution in [3.8, 4) is 0 Å². The SMILES string of the molecule is CCC(CC)N(CCOC)C(=O)c1cccc(C(=O)O)n1. The van der Waals surface area contributed by atoms with E-state index in [-0.39, 0.29) is 23.3 Å². The number of hydrogen-bond donors (Lipinski definition) is 1. The Labute approximate surface area is 124 Å². The number of pyridine rings is 1. The summed E-state index contributed by atoms with van der Waals surface area (Å²) in [5.41, 5.74) is 0.0231. The highest BCUT2D eigenvalue weighted by atomic mass is 16.5. The highest BCUT2D eigenvalue weighted by Crippen LogP contribution is 2.13. The zero-order valence-electron chi connectivity index (χ0n) is 12.7. The molecule has 1 aromatic rings. The van der Waals surface area contributed by atoms with E-state index >= 15 is 0 Å². The molecule has 0 aromatic carbocycles. The second kappa shape index (κ2) is 8.36. The number of nitrogens with zero attached hydrogens (tertiary/aromatic N) is 2. The standard InChI is InChI=1S/C15H22N2O4/c1-4-11(5-2)17(9-10-21-3)14(18)12-7-6-8-13(16-12)15(19)20/h6-8,11H,4-5,9-10H2,1-3H3,(H,19,20). The third-order valence-corrected chi connectivity index (χ3v) is 3.37. The molecule has 6 nitrogen and oxygen atoms in total. The highest BCUT2D eigenvalue weighted by molar-refractivity contribution is 5.94. The molecule has 0 aliphatic carbocycles. The number of carbonyl (C=O) groups is 2. The number of aromatic nitrogens is 1. The van der Waals surface area contributed by atoms with Gasteiger partial charge in [0.1, 0.15) is 11.4 Å². The Kier molecular flexibility index (Phi) is 6.81. The lowest BCUT2D eigenvalue weighted by atomic mass is 10.1. The van der Waals surface area contributed by atoms with Crippen molar-refractivity contribution in [2.24, 2.45) is 0 Å². The van der Waals surface area contributed by atoms with Crippen molar-refractivity contribution in [2.75, 3.05) is 20.3 Å². The fourth-order valence-corrected chi connectivity index (χ4v) is 2.19. The second-order valence-corrected chi connectivity index (χ2v) is 4.67. The third-order valence-electron chi connectivity index (χ3n) is 3.37. The first kappa shape index (κ1) is 17.1. The summed E-state index contributed by atoms with van der Waals surface area (Å²) in [6.07, 6.45) is 1.65. The van der Waals surface area contributed by atoms with Gasteiger partial charge in [-0.05, 0) is 25.0 Å². The van der Waals surface area contributed by atoms with Gasteiger partial charge in [-0.3, -0.25) is 4.79 Å². The maximum atomic E-state index is 12.6. The topological polar surface area (TPSA) is 79.7 Å². The van der Waals surface area contributed by atoms with Crippen molar-refractivity contribution in [3.63, 3.8) is 0 Å². The molecule has 0 unspecified atom stereocenters. The van der Waals surface area contributed by atoms with Crippen LogP contribution in [0.4, 0.5) is 0 Å². The molecule has 0 bridgehead atoms. The Balaban J connectivity index is 3.03. The zero-order valence-corrected chi connectivity index (χ0v) is 12.7. The lowest BCUT2D eigenvalue weighted by molar-refractivity contribution is 0.0583. The zero-order chi connectivity index (χ0) is 15.8. The minimum absolute atomic E-state index is 0.0861. The maximum Gasteiger partial charge on any atom is 0.354 e. The molecule has 0 saturated heterocycles. The largest absolute Gasteiger partial charge is 0.477 e. The van der Waals surface area contributed by atoms with Crippen LogP contribution in [0.1, 0.15) is 47.7 Å². The quantitative estimate of drug-likeness (QED) is 0.793. The number of hydrogen-bond acceptors (Lipinski definition) is 4. The first-order chi connectivity index (χ1) is 10.0. The first-order valence-electron chi connectivity index (χ1n) is 7.05.